The van der Waals surface area contributed by atoms with Gasteiger partial charge in [-0.1, -0.05) is 30.3 Å². The molecule has 0 amide bonds. The van der Waals surface area contributed by atoms with E-state index in [0.29, 0.717) is 30.1 Å². The van der Waals surface area contributed by atoms with Gasteiger partial charge in [0.1, 0.15) is 5.82 Å². The predicted octanol–water partition coefficient (Wildman–Crippen LogP) is 4.02. The number of piperidine rings is 1. The average Bonchev–Trinajstić information content (AvgIpc) is 2.75. The molecule has 1 heterocycles. The van der Waals surface area contributed by atoms with Crippen molar-refractivity contribution in [2.24, 2.45) is 5.92 Å². The van der Waals surface area contributed by atoms with Crippen molar-refractivity contribution in [2.45, 2.75) is 25.8 Å². The largest absolute Gasteiger partial charge is 0.478 e. The maximum absolute atomic E-state index is 12.9. The number of halogens is 1. The summed E-state index contributed by atoms with van der Waals surface area (Å²) in [4.78, 5) is 33.8. The molecule has 7 heteroatoms. The van der Waals surface area contributed by atoms with E-state index in [9.17, 15) is 18.8 Å². The third kappa shape index (κ3) is 9.35. The van der Waals surface area contributed by atoms with Crippen molar-refractivity contribution in [1.82, 2.24) is 4.90 Å². The monoisotopic (exact) mass is 427 g/mol. The molecule has 3 rings (SSSR count). The highest BCUT2D eigenvalue weighted by Gasteiger charge is 2.22. The zero-order valence-corrected chi connectivity index (χ0v) is 17.1. The predicted molar refractivity (Wildman–Crippen MR) is 114 cm³/mol. The van der Waals surface area contributed by atoms with Crippen LogP contribution in [0.25, 0.3) is 0 Å². The number of hydrogen-bond donors (Lipinski definition) is 2. The number of rotatable bonds is 7. The summed E-state index contributed by atoms with van der Waals surface area (Å²) < 4.78 is 12.9. The SMILES string of the molecule is O=C(CC1CCN(Cc2ccccc2)CC1)c1ccc(F)cc1.O=C(O)C=CC(=O)O. The Morgan fingerprint density at radius 1 is 0.903 bits per heavy atom. The fourth-order valence-corrected chi connectivity index (χ4v) is 3.35. The Labute approximate surface area is 180 Å². The molecule has 0 aromatic heterocycles. The molecule has 6 nitrogen and oxygen atoms in total. The minimum absolute atomic E-state index is 0.131. The van der Waals surface area contributed by atoms with Crippen LogP contribution in [-0.2, 0) is 16.1 Å². The molecule has 0 unspecified atom stereocenters. The van der Waals surface area contributed by atoms with Gasteiger partial charge in [-0.2, -0.15) is 0 Å². The van der Waals surface area contributed by atoms with E-state index in [0.717, 1.165) is 32.5 Å². The van der Waals surface area contributed by atoms with E-state index >= 15 is 0 Å². The molecular weight excluding hydrogens is 401 g/mol. The number of aliphatic carboxylic acids is 2. The smallest absolute Gasteiger partial charge is 0.328 e. The van der Waals surface area contributed by atoms with Gasteiger partial charge in [-0.25, -0.2) is 14.0 Å². The van der Waals surface area contributed by atoms with Crippen molar-refractivity contribution in [2.75, 3.05) is 13.1 Å². The summed E-state index contributed by atoms with van der Waals surface area (Å²) in [7, 11) is 0. The first-order chi connectivity index (χ1) is 14.8. The van der Waals surface area contributed by atoms with E-state index in [1.165, 1.54) is 17.7 Å². The van der Waals surface area contributed by atoms with E-state index in [2.05, 4.69) is 29.2 Å². The normalized spacial score (nSPS) is 14.6. The Hall–Kier alpha value is -3.32. The van der Waals surface area contributed by atoms with Gasteiger partial charge in [-0.15, -0.1) is 0 Å². The highest BCUT2D eigenvalue weighted by atomic mass is 19.1. The van der Waals surface area contributed by atoms with Gasteiger partial charge in [0.15, 0.2) is 5.78 Å². The van der Waals surface area contributed by atoms with E-state index in [4.69, 9.17) is 10.2 Å². The molecule has 0 radical (unpaired) electrons. The Morgan fingerprint density at radius 3 is 1.97 bits per heavy atom. The fraction of sp³-hybridized carbons (Fsp3) is 0.292. The lowest BCUT2D eigenvalue weighted by Gasteiger charge is -2.31. The molecule has 31 heavy (non-hydrogen) atoms. The van der Waals surface area contributed by atoms with Gasteiger partial charge in [0.25, 0.3) is 0 Å². The van der Waals surface area contributed by atoms with Crippen LogP contribution in [0.1, 0.15) is 35.2 Å². The molecule has 1 fully saturated rings. The summed E-state index contributed by atoms with van der Waals surface area (Å²) in [6.07, 6.45) is 3.80. The maximum atomic E-state index is 12.9. The number of Topliss-reactive ketones (excluding diaryl/α,β-unsaturated/α-hetero) is 1. The Kier molecular flexibility index (Phi) is 9.58. The number of carboxylic acid groups (broad SMARTS) is 2. The molecule has 164 valence electrons. The number of benzene rings is 2. The highest BCUT2D eigenvalue weighted by molar-refractivity contribution is 5.96. The van der Waals surface area contributed by atoms with Crippen molar-refractivity contribution in [3.63, 3.8) is 0 Å². The third-order valence-corrected chi connectivity index (χ3v) is 4.96. The van der Waals surface area contributed by atoms with Gasteiger partial charge < -0.3 is 10.2 Å². The Morgan fingerprint density at radius 2 is 1.45 bits per heavy atom. The van der Waals surface area contributed by atoms with Crippen LogP contribution < -0.4 is 0 Å². The van der Waals surface area contributed by atoms with E-state index < -0.39 is 11.9 Å². The van der Waals surface area contributed by atoms with Crippen LogP contribution in [0.4, 0.5) is 4.39 Å². The Bertz CT molecular complexity index is 872. The van der Waals surface area contributed by atoms with Gasteiger partial charge in [0.2, 0.25) is 0 Å². The average molecular weight is 427 g/mol. The summed E-state index contributed by atoms with van der Waals surface area (Å²) in [5.41, 5.74) is 1.96. The van der Waals surface area contributed by atoms with Crippen LogP contribution >= 0.6 is 0 Å². The van der Waals surface area contributed by atoms with Gasteiger partial charge in [-0.3, -0.25) is 9.69 Å². The molecule has 0 aliphatic carbocycles. The number of nitrogens with zero attached hydrogens (tertiary/aromatic N) is 1. The molecule has 2 N–H and O–H groups in total. The molecular formula is C24H26FNO5. The highest BCUT2D eigenvalue weighted by Crippen LogP contribution is 2.23. The van der Waals surface area contributed by atoms with Crippen LogP contribution in [0.3, 0.4) is 0 Å². The lowest BCUT2D eigenvalue weighted by molar-refractivity contribution is -0.134. The number of hydrogen-bond acceptors (Lipinski definition) is 4. The van der Waals surface area contributed by atoms with Crippen molar-refractivity contribution < 1.29 is 29.0 Å². The molecule has 0 saturated carbocycles. The molecule has 1 aliphatic rings. The van der Waals surface area contributed by atoms with E-state index in [-0.39, 0.29) is 11.6 Å². The first-order valence-corrected chi connectivity index (χ1v) is 10.0. The summed E-state index contributed by atoms with van der Waals surface area (Å²) in [6, 6.07) is 16.4. The lowest BCUT2D eigenvalue weighted by atomic mass is 9.89. The van der Waals surface area contributed by atoms with Crippen molar-refractivity contribution in [1.29, 1.82) is 0 Å². The van der Waals surface area contributed by atoms with E-state index in [1.807, 2.05) is 6.07 Å². The second-order valence-corrected chi connectivity index (χ2v) is 7.35. The van der Waals surface area contributed by atoms with Gasteiger partial charge in [0.05, 0.1) is 0 Å². The first-order valence-electron chi connectivity index (χ1n) is 10.0. The summed E-state index contributed by atoms with van der Waals surface area (Å²) >= 11 is 0. The number of carbonyl (C=O) groups is 3. The quantitative estimate of drug-likeness (QED) is 0.512. The van der Waals surface area contributed by atoms with E-state index in [1.54, 1.807) is 12.1 Å². The van der Waals surface area contributed by atoms with Gasteiger partial charge >= 0.3 is 11.9 Å². The van der Waals surface area contributed by atoms with Crippen molar-refractivity contribution >= 4 is 17.7 Å². The first kappa shape index (κ1) is 24.0. The molecule has 1 saturated heterocycles. The summed E-state index contributed by atoms with van der Waals surface area (Å²) in [6.45, 7) is 3.06. The van der Waals surface area contributed by atoms with Gasteiger partial charge in [0, 0.05) is 30.7 Å². The number of carbonyl (C=O) groups excluding carboxylic acids is 1. The molecule has 2 aromatic rings. The number of carboxylic acids is 2. The van der Waals surface area contributed by atoms with Crippen LogP contribution in [-0.4, -0.2) is 45.9 Å². The minimum Gasteiger partial charge on any atom is -0.478 e. The third-order valence-electron chi connectivity index (χ3n) is 4.96. The second-order valence-electron chi connectivity index (χ2n) is 7.35. The molecule has 0 spiro atoms. The van der Waals surface area contributed by atoms with Crippen LogP contribution in [0.5, 0.6) is 0 Å². The zero-order chi connectivity index (χ0) is 22.6. The number of ketones is 1. The fourth-order valence-electron chi connectivity index (χ4n) is 3.35. The standard InChI is InChI=1S/C20H22FNO.C4H4O4/c21-19-8-6-18(7-9-19)20(23)14-16-10-12-22(13-11-16)15-17-4-2-1-3-5-17;5-3(6)1-2-4(7)8/h1-9,16H,10-15H2;1-2H,(H,5,6)(H,7,8). The zero-order valence-electron chi connectivity index (χ0n) is 17.1. The topological polar surface area (TPSA) is 94.9 Å². The molecule has 2 aromatic carbocycles. The van der Waals surface area contributed by atoms with Crippen LogP contribution in [0, 0.1) is 11.7 Å². The Balaban J connectivity index is 0.000000366. The summed E-state index contributed by atoms with van der Waals surface area (Å²) in [5, 5.41) is 15.6. The minimum atomic E-state index is -1.26. The van der Waals surface area contributed by atoms with Crippen LogP contribution in [0.2, 0.25) is 0 Å². The maximum Gasteiger partial charge on any atom is 0.328 e. The summed E-state index contributed by atoms with van der Waals surface area (Å²) in [5.74, 6) is -2.23. The molecule has 0 atom stereocenters. The molecule has 0 bridgehead atoms. The molecule has 1 aliphatic heterocycles. The number of likely N-dealkylation sites (tertiary alicyclic amines) is 1. The second kappa shape index (κ2) is 12.4. The lowest BCUT2D eigenvalue weighted by Crippen LogP contribution is -2.33. The van der Waals surface area contributed by atoms with Gasteiger partial charge in [-0.05, 0) is 61.7 Å². The van der Waals surface area contributed by atoms with Crippen molar-refractivity contribution in [3.05, 3.63) is 83.7 Å². The van der Waals surface area contributed by atoms with Crippen LogP contribution in [0.15, 0.2) is 66.7 Å². The van der Waals surface area contributed by atoms with Crippen molar-refractivity contribution in [3.8, 4) is 0 Å².